The van der Waals surface area contributed by atoms with Crippen molar-refractivity contribution in [2.24, 2.45) is 0 Å². The fraction of sp³-hybridized carbons (Fsp3) is 0.375. The highest BCUT2D eigenvalue weighted by molar-refractivity contribution is 7.15. The molecule has 1 aromatic heterocycles. The van der Waals surface area contributed by atoms with Crippen LogP contribution in [0.3, 0.4) is 0 Å². The Labute approximate surface area is 133 Å². The van der Waals surface area contributed by atoms with Crippen LogP contribution in [0, 0.1) is 6.92 Å². The maximum Gasteiger partial charge on any atom is 0.268 e. The van der Waals surface area contributed by atoms with E-state index in [9.17, 15) is 4.79 Å². The first-order valence-electron chi connectivity index (χ1n) is 7.37. The number of benzene rings is 1. The molecule has 5 nitrogen and oxygen atoms in total. The SMILES string of the molecule is CCC1(CC)Oc2ccc(-c3nc(N)sc3C)cc2NC1=O. The number of nitrogens with zero attached hydrogens (tertiary/aromatic N) is 1. The van der Waals surface area contributed by atoms with Gasteiger partial charge >= 0.3 is 0 Å². The summed E-state index contributed by atoms with van der Waals surface area (Å²) in [6.07, 6.45) is 1.27. The number of ether oxygens (including phenoxy) is 1. The summed E-state index contributed by atoms with van der Waals surface area (Å²) < 4.78 is 6.00. The average molecular weight is 317 g/mol. The van der Waals surface area contributed by atoms with Gasteiger partial charge in [-0.1, -0.05) is 13.8 Å². The quantitative estimate of drug-likeness (QED) is 0.907. The number of nitrogens with one attached hydrogen (secondary N) is 1. The minimum atomic E-state index is -0.768. The van der Waals surface area contributed by atoms with Gasteiger partial charge in [0.1, 0.15) is 5.75 Å². The summed E-state index contributed by atoms with van der Waals surface area (Å²) in [5.41, 5.74) is 7.45. The van der Waals surface area contributed by atoms with Crippen LogP contribution in [0.4, 0.5) is 10.8 Å². The highest BCUT2D eigenvalue weighted by Gasteiger charge is 2.41. The Balaban J connectivity index is 2.02. The van der Waals surface area contributed by atoms with Gasteiger partial charge in [0.2, 0.25) is 0 Å². The van der Waals surface area contributed by atoms with Gasteiger partial charge < -0.3 is 15.8 Å². The molecule has 0 atom stereocenters. The van der Waals surface area contributed by atoms with Crippen LogP contribution in [0.2, 0.25) is 0 Å². The Hall–Kier alpha value is -2.08. The number of nitrogens with two attached hydrogens (primary N) is 1. The lowest BCUT2D eigenvalue weighted by molar-refractivity contribution is -0.133. The van der Waals surface area contributed by atoms with E-state index in [1.165, 1.54) is 11.3 Å². The second-order valence-electron chi connectivity index (χ2n) is 5.43. The van der Waals surface area contributed by atoms with Crippen molar-refractivity contribution in [3.05, 3.63) is 23.1 Å². The Bertz CT molecular complexity index is 735. The number of aryl methyl sites for hydroxylation is 1. The molecule has 1 aliphatic rings. The largest absolute Gasteiger partial charge is 0.475 e. The second-order valence-corrected chi connectivity index (χ2v) is 6.66. The lowest BCUT2D eigenvalue weighted by Crippen LogP contribution is -2.49. The zero-order chi connectivity index (χ0) is 15.9. The highest BCUT2D eigenvalue weighted by atomic mass is 32.1. The predicted molar refractivity (Wildman–Crippen MR) is 89.3 cm³/mol. The Kier molecular flexibility index (Phi) is 3.56. The molecule has 1 amide bonds. The van der Waals surface area contributed by atoms with E-state index in [-0.39, 0.29) is 5.91 Å². The number of thiazole rings is 1. The van der Waals surface area contributed by atoms with Crippen LogP contribution in [0.1, 0.15) is 31.6 Å². The smallest absolute Gasteiger partial charge is 0.268 e. The minimum Gasteiger partial charge on any atom is -0.475 e. The third-order valence-electron chi connectivity index (χ3n) is 4.18. The maximum atomic E-state index is 12.4. The van der Waals surface area contributed by atoms with Gasteiger partial charge in [-0.05, 0) is 38.0 Å². The van der Waals surface area contributed by atoms with Crippen molar-refractivity contribution in [3.63, 3.8) is 0 Å². The predicted octanol–water partition coefficient (Wildman–Crippen LogP) is 3.59. The van der Waals surface area contributed by atoms with E-state index in [2.05, 4.69) is 10.3 Å². The normalized spacial score (nSPS) is 15.9. The van der Waals surface area contributed by atoms with Gasteiger partial charge in [-0.3, -0.25) is 4.79 Å². The molecule has 6 heteroatoms. The molecule has 0 fully saturated rings. The van der Waals surface area contributed by atoms with Gasteiger partial charge in [0.25, 0.3) is 5.91 Å². The summed E-state index contributed by atoms with van der Waals surface area (Å²) in [7, 11) is 0. The summed E-state index contributed by atoms with van der Waals surface area (Å²) in [6, 6.07) is 5.73. The summed E-state index contributed by atoms with van der Waals surface area (Å²) in [5, 5.41) is 3.51. The van der Waals surface area contributed by atoms with Crippen LogP contribution in [-0.4, -0.2) is 16.5 Å². The number of hydrogen-bond acceptors (Lipinski definition) is 5. The molecular formula is C16H19N3O2S. The summed E-state index contributed by atoms with van der Waals surface area (Å²) >= 11 is 1.46. The molecule has 0 aliphatic carbocycles. The highest BCUT2D eigenvalue weighted by Crippen LogP contribution is 2.40. The molecule has 0 radical (unpaired) electrons. The van der Waals surface area contributed by atoms with Crippen LogP contribution in [0.15, 0.2) is 18.2 Å². The van der Waals surface area contributed by atoms with Crippen LogP contribution < -0.4 is 15.8 Å². The third-order valence-corrected chi connectivity index (χ3v) is 4.98. The van der Waals surface area contributed by atoms with E-state index in [0.717, 1.165) is 16.1 Å². The Morgan fingerprint density at radius 2 is 2.09 bits per heavy atom. The van der Waals surface area contributed by atoms with E-state index < -0.39 is 5.60 Å². The maximum absolute atomic E-state index is 12.4. The van der Waals surface area contributed by atoms with E-state index in [0.29, 0.717) is 29.4 Å². The molecule has 0 saturated carbocycles. The Morgan fingerprint density at radius 1 is 1.36 bits per heavy atom. The molecule has 0 bridgehead atoms. The number of rotatable bonds is 3. The van der Waals surface area contributed by atoms with Crippen LogP contribution in [0.5, 0.6) is 5.75 Å². The molecule has 3 N–H and O–H groups in total. The van der Waals surface area contributed by atoms with E-state index in [4.69, 9.17) is 10.5 Å². The lowest BCUT2D eigenvalue weighted by Gasteiger charge is -2.36. The summed E-state index contributed by atoms with van der Waals surface area (Å²) in [6.45, 7) is 5.91. The molecule has 0 unspecified atom stereocenters. The van der Waals surface area contributed by atoms with Crippen molar-refractivity contribution in [2.75, 3.05) is 11.1 Å². The number of carbonyl (C=O) groups is 1. The first-order valence-corrected chi connectivity index (χ1v) is 8.18. The number of carbonyl (C=O) groups excluding carboxylic acids is 1. The van der Waals surface area contributed by atoms with E-state index in [1.54, 1.807) is 0 Å². The monoisotopic (exact) mass is 317 g/mol. The number of aromatic nitrogens is 1. The molecule has 1 aliphatic heterocycles. The molecule has 2 aromatic rings. The number of anilines is 2. The zero-order valence-electron chi connectivity index (χ0n) is 12.9. The van der Waals surface area contributed by atoms with Crippen molar-refractivity contribution in [1.29, 1.82) is 0 Å². The molecular weight excluding hydrogens is 298 g/mol. The van der Waals surface area contributed by atoms with Gasteiger partial charge in [0.15, 0.2) is 10.7 Å². The fourth-order valence-corrected chi connectivity index (χ4v) is 3.47. The third kappa shape index (κ3) is 2.23. The number of nitrogen functional groups attached to an aromatic ring is 1. The van der Waals surface area contributed by atoms with Gasteiger partial charge in [0.05, 0.1) is 11.4 Å². The number of amides is 1. The lowest BCUT2D eigenvalue weighted by atomic mass is 9.93. The van der Waals surface area contributed by atoms with Crippen LogP contribution >= 0.6 is 11.3 Å². The standard InChI is InChI=1S/C16H19N3O2S/c1-4-16(5-2)14(20)18-11-8-10(6-7-12(11)21-16)13-9(3)22-15(17)19-13/h6-8H,4-5H2,1-3H3,(H2,17,19)(H,18,20). The number of hydrogen-bond donors (Lipinski definition) is 2. The fourth-order valence-electron chi connectivity index (χ4n) is 2.76. The van der Waals surface area contributed by atoms with Gasteiger partial charge in [-0.2, -0.15) is 0 Å². The zero-order valence-corrected chi connectivity index (χ0v) is 13.7. The Morgan fingerprint density at radius 3 is 2.68 bits per heavy atom. The van der Waals surface area contributed by atoms with Crippen molar-refractivity contribution in [3.8, 4) is 17.0 Å². The molecule has 2 heterocycles. The van der Waals surface area contributed by atoms with Crippen molar-refractivity contribution in [1.82, 2.24) is 4.98 Å². The van der Waals surface area contributed by atoms with E-state index in [1.807, 2.05) is 39.0 Å². The average Bonchev–Trinajstić information content (AvgIpc) is 2.85. The topological polar surface area (TPSA) is 77.2 Å². The van der Waals surface area contributed by atoms with Crippen LogP contribution in [-0.2, 0) is 4.79 Å². The summed E-state index contributed by atoms with van der Waals surface area (Å²) in [4.78, 5) is 17.8. The van der Waals surface area contributed by atoms with Crippen molar-refractivity contribution in [2.45, 2.75) is 39.2 Å². The van der Waals surface area contributed by atoms with Crippen molar-refractivity contribution < 1.29 is 9.53 Å². The van der Waals surface area contributed by atoms with Gasteiger partial charge in [0, 0.05) is 10.4 Å². The summed E-state index contributed by atoms with van der Waals surface area (Å²) in [5.74, 6) is 0.615. The molecule has 22 heavy (non-hydrogen) atoms. The molecule has 3 rings (SSSR count). The molecule has 0 saturated heterocycles. The second kappa shape index (κ2) is 5.28. The van der Waals surface area contributed by atoms with Crippen molar-refractivity contribution >= 4 is 28.1 Å². The van der Waals surface area contributed by atoms with Gasteiger partial charge in [-0.25, -0.2) is 4.98 Å². The first kappa shape index (κ1) is 14.8. The number of fused-ring (bicyclic) bond motifs is 1. The first-order chi connectivity index (χ1) is 10.5. The van der Waals surface area contributed by atoms with Crippen LogP contribution in [0.25, 0.3) is 11.3 Å². The van der Waals surface area contributed by atoms with Gasteiger partial charge in [-0.15, -0.1) is 11.3 Å². The molecule has 0 spiro atoms. The molecule has 116 valence electrons. The van der Waals surface area contributed by atoms with E-state index >= 15 is 0 Å². The molecule has 1 aromatic carbocycles. The minimum absolute atomic E-state index is 0.0864.